The summed E-state index contributed by atoms with van der Waals surface area (Å²) in [7, 11) is 0. The van der Waals surface area contributed by atoms with Crippen LogP contribution in [-0.2, 0) is 5.41 Å². The molecule has 7 aromatic rings. The van der Waals surface area contributed by atoms with Crippen molar-refractivity contribution in [2.24, 2.45) is 17.8 Å². The molecule has 5 heteroatoms. The number of nitriles is 1. The summed E-state index contributed by atoms with van der Waals surface area (Å²) in [6.45, 7) is 0. The molecule has 0 atom stereocenters. The van der Waals surface area contributed by atoms with Gasteiger partial charge in [0.2, 0.25) is 0 Å². The van der Waals surface area contributed by atoms with Gasteiger partial charge < -0.3 is 4.42 Å². The van der Waals surface area contributed by atoms with Crippen molar-refractivity contribution in [3.05, 3.63) is 126 Å². The van der Waals surface area contributed by atoms with Gasteiger partial charge in [-0.15, -0.1) is 0 Å². The number of hydrogen-bond acceptors (Lipinski definition) is 5. The minimum Gasteiger partial charge on any atom is -0.456 e. The van der Waals surface area contributed by atoms with Crippen LogP contribution in [0, 0.1) is 29.1 Å². The molecule has 4 bridgehead atoms. The van der Waals surface area contributed by atoms with Crippen molar-refractivity contribution in [2.45, 2.75) is 43.9 Å². The van der Waals surface area contributed by atoms with Gasteiger partial charge in [-0.05, 0) is 109 Å². The van der Waals surface area contributed by atoms with Crippen molar-refractivity contribution in [3.8, 4) is 51.4 Å². The molecule has 4 saturated carbocycles. The van der Waals surface area contributed by atoms with Crippen molar-refractivity contribution >= 4 is 21.9 Å². The molecule has 0 radical (unpaired) electrons. The molecular formula is C44H34N4O. The minimum absolute atomic E-state index is 0.374. The molecule has 5 nitrogen and oxygen atoms in total. The summed E-state index contributed by atoms with van der Waals surface area (Å²) in [5.41, 5.74) is 8.92. The Morgan fingerprint density at radius 1 is 0.551 bits per heavy atom. The predicted molar refractivity (Wildman–Crippen MR) is 193 cm³/mol. The molecule has 4 fully saturated rings. The van der Waals surface area contributed by atoms with E-state index in [1.807, 2.05) is 60.7 Å². The zero-order chi connectivity index (χ0) is 32.5. The van der Waals surface area contributed by atoms with Gasteiger partial charge in [0.05, 0.1) is 11.6 Å². The molecule has 5 aromatic carbocycles. The zero-order valence-corrected chi connectivity index (χ0v) is 27.1. The molecule has 0 amide bonds. The van der Waals surface area contributed by atoms with Crippen LogP contribution < -0.4 is 0 Å². The van der Waals surface area contributed by atoms with Gasteiger partial charge in [-0.25, -0.2) is 15.0 Å². The average molecular weight is 635 g/mol. The number of aromatic nitrogens is 3. The summed E-state index contributed by atoms with van der Waals surface area (Å²) in [6.07, 6.45) is 8.47. The Bertz CT molecular complexity index is 2400. The van der Waals surface area contributed by atoms with Gasteiger partial charge in [-0.1, -0.05) is 84.9 Å². The maximum Gasteiger partial charge on any atom is 0.164 e. The molecule has 2 aromatic heterocycles. The van der Waals surface area contributed by atoms with E-state index in [4.69, 9.17) is 19.4 Å². The van der Waals surface area contributed by atoms with Crippen molar-refractivity contribution in [2.75, 3.05) is 0 Å². The molecule has 11 rings (SSSR count). The lowest BCUT2D eigenvalue weighted by atomic mass is 9.48. The fourth-order valence-corrected chi connectivity index (χ4v) is 9.72. The molecule has 0 unspecified atom stereocenters. The van der Waals surface area contributed by atoms with Crippen LogP contribution in [0.3, 0.4) is 0 Å². The van der Waals surface area contributed by atoms with Crippen LogP contribution >= 0.6 is 0 Å². The lowest BCUT2D eigenvalue weighted by molar-refractivity contribution is -0.00518. The summed E-state index contributed by atoms with van der Waals surface area (Å²) in [5.74, 6) is 4.60. The molecular weight excluding hydrogens is 601 g/mol. The van der Waals surface area contributed by atoms with Gasteiger partial charge in [-0.2, -0.15) is 5.26 Å². The van der Waals surface area contributed by atoms with Crippen molar-refractivity contribution in [3.63, 3.8) is 0 Å². The Kier molecular flexibility index (Phi) is 6.36. The van der Waals surface area contributed by atoms with Crippen LogP contribution in [0.25, 0.3) is 67.2 Å². The Morgan fingerprint density at radius 2 is 1.12 bits per heavy atom. The molecule has 236 valence electrons. The molecule has 4 aliphatic carbocycles. The maximum atomic E-state index is 9.39. The molecule has 49 heavy (non-hydrogen) atoms. The van der Waals surface area contributed by atoms with E-state index in [1.54, 1.807) is 6.07 Å². The van der Waals surface area contributed by atoms with Crippen LogP contribution in [0.4, 0.5) is 0 Å². The average Bonchev–Trinajstić information content (AvgIpc) is 3.51. The lowest BCUT2D eigenvalue weighted by Crippen LogP contribution is -2.48. The molecule has 2 heterocycles. The lowest BCUT2D eigenvalue weighted by Gasteiger charge is -2.57. The number of rotatable bonds is 5. The number of furan rings is 1. The molecule has 0 aliphatic heterocycles. The van der Waals surface area contributed by atoms with E-state index < -0.39 is 0 Å². The first-order chi connectivity index (χ1) is 24.1. The first kappa shape index (κ1) is 28.4. The summed E-state index contributed by atoms with van der Waals surface area (Å²) in [6, 6.07) is 41.8. The van der Waals surface area contributed by atoms with E-state index >= 15 is 0 Å². The monoisotopic (exact) mass is 634 g/mol. The van der Waals surface area contributed by atoms with Gasteiger partial charge in [0, 0.05) is 27.5 Å². The van der Waals surface area contributed by atoms with Crippen molar-refractivity contribution in [1.29, 1.82) is 5.26 Å². The highest BCUT2D eigenvalue weighted by Gasteiger charge is 2.51. The minimum atomic E-state index is 0.374. The second kappa shape index (κ2) is 11.0. The third kappa shape index (κ3) is 4.77. The Labute approximate surface area is 285 Å². The van der Waals surface area contributed by atoms with Crippen LogP contribution in [0.5, 0.6) is 0 Å². The number of hydrogen-bond donors (Lipinski definition) is 0. The maximum absolute atomic E-state index is 9.39. The van der Waals surface area contributed by atoms with E-state index in [0.29, 0.717) is 34.0 Å². The molecule has 0 spiro atoms. The second-order valence-corrected chi connectivity index (χ2v) is 14.6. The molecule has 0 saturated heterocycles. The first-order valence-electron chi connectivity index (χ1n) is 17.5. The first-order valence-corrected chi connectivity index (χ1v) is 17.5. The van der Waals surface area contributed by atoms with Crippen LogP contribution in [0.15, 0.2) is 120 Å². The summed E-state index contributed by atoms with van der Waals surface area (Å²) < 4.78 is 6.23. The number of benzene rings is 5. The largest absolute Gasteiger partial charge is 0.456 e. The standard InChI is InChI=1S/C44H34N4O/c45-26-27-10-16-36-37-17-13-33(22-40(37)49-39(36)21-27)42-46-41(32-6-2-1-3-7-32)47-43(48-42)38-9-5-4-8-35(38)31-11-14-34(15-12-31)44-23-28-18-29(24-44)20-30(19-28)25-44/h1-17,21-22,28-30H,18-20,23-25H2. The van der Waals surface area contributed by atoms with E-state index in [-0.39, 0.29) is 0 Å². The normalized spacial score (nSPS) is 22.5. The smallest absolute Gasteiger partial charge is 0.164 e. The van der Waals surface area contributed by atoms with E-state index in [1.165, 1.54) is 49.7 Å². The predicted octanol–water partition coefficient (Wildman–Crippen LogP) is 10.8. The number of nitrogens with zero attached hydrogens (tertiary/aromatic N) is 4. The fourth-order valence-electron chi connectivity index (χ4n) is 9.72. The van der Waals surface area contributed by atoms with Gasteiger partial charge in [0.25, 0.3) is 0 Å². The number of fused-ring (bicyclic) bond motifs is 3. The van der Waals surface area contributed by atoms with Crippen LogP contribution in [0.2, 0.25) is 0 Å². The summed E-state index contributed by atoms with van der Waals surface area (Å²) in [5, 5.41) is 11.4. The molecule has 4 aliphatic rings. The SMILES string of the molecule is N#Cc1ccc2c(c1)oc1cc(-c3nc(-c4ccccc4)nc(-c4ccccc4-c4ccc(C56CC7CC(CC(C7)C5)C6)cc4)n3)ccc12. The fraction of sp³-hybridized carbons (Fsp3) is 0.227. The van der Waals surface area contributed by atoms with Gasteiger partial charge in [0.15, 0.2) is 17.5 Å². The van der Waals surface area contributed by atoms with Crippen LogP contribution in [0.1, 0.15) is 49.7 Å². The van der Waals surface area contributed by atoms with E-state index in [2.05, 4.69) is 54.6 Å². The van der Waals surface area contributed by atoms with Crippen LogP contribution in [-0.4, -0.2) is 15.0 Å². The second-order valence-electron chi connectivity index (χ2n) is 14.6. The Balaban J connectivity index is 1.07. The quantitative estimate of drug-likeness (QED) is 0.188. The van der Waals surface area contributed by atoms with Gasteiger partial charge in [-0.3, -0.25) is 0 Å². The molecule has 0 N–H and O–H groups in total. The zero-order valence-electron chi connectivity index (χ0n) is 27.1. The van der Waals surface area contributed by atoms with Crippen molar-refractivity contribution in [1.82, 2.24) is 15.0 Å². The Morgan fingerprint density at radius 3 is 1.82 bits per heavy atom. The third-order valence-corrected chi connectivity index (χ3v) is 11.5. The van der Waals surface area contributed by atoms with Crippen molar-refractivity contribution < 1.29 is 4.42 Å². The third-order valence-electron chi connectivity index (χ3n) is 11.5. The van der Waals surface area contributed by atoms with Gasteiger partial charge >= 0.3 is 0 Å². The highest BCUT2D eigenvalue weighted by atomic mass is 16.3. The van der Waals surface area contributed by atoms with E-state index in [9.17, 15) is 5.26 Å². The highest BCUT2D eigenvalue weighted by Crippen LogP contribution is 2.60. The van der Waals surface area contributed by atoms with Gasteiger partial charge in [0.1, 0.15) is 11.2 Å². The summed E-state index contributed by atoms with van der Waals surface area (Å²) >= 11 is 0. The highest BCUT2D eigenvalue weighted by molar-refractivity contribution is 6.06. The Hall–Kier alpha value is -5.60. The van der Waals surface area contributed by atoms with E-state index in [0.717, 1.165) is 56.4 Å². The summed E-state index contributed by atoms with van der Waals surface area (Å²) in [4.78, 5) is 15.2. The topological polar surface area (TPSA) is 75.6 Å².